The zero-order chi connectivity index (χ0) is 18.5. The van der Waals surface area contributed by atoms with Crippen molar-refractivity contribution in [3.63, 3.8) is 0 Å². The summed E-state index contributed by atoms with van der Waals surface area (Å²) in [5.74, 6) is -0.566. The van der Waals surface area contributed by atoms with Crippen LogP contribution in [0.25, 0.3) is 0 Å². The van der Waals surface area contributed by atoms with Crippen molar-refractivity contribution in [1.29, 1.82) is 0 Å². The minimum Gasteiger partial charge on any atom is -0.481 e. The molecule has 142 valence electrons. The van der Waals surface area contributed by atoms with E-state index in [1.54, 1.807) is 0 Å². The van der Waals surface area contributed by atoms with E-state index in [4.69, 9.17) is 5.11 Å². The van der Waals surface area contributed by atoms with Gasteiger partial charge in [0, 0.05) is 25.2 Å². The molecule has 1 N–H and O–H groups in total. The first-order valence-corrected chi connectivity index (χ1v) is 9.95. The van der Waals surface area contributed by atoms with Crippen LogP contribution in [0, 0.1) is 5.92 Å². The average Bonchev–Trinajstić information content (AvgIpc) is 3.08. The third-order valence-electron chi connectivity index (χ3n) is 5.74. The summed E-state index contributed by atoms with van der Waals surface area (Å²) in [4.78, 5) is 27.7. The molecule has 2 aliphatic rings. The minimum atomic E-state index is -0.652. The summed E-state index contributed by atoms with van der Waals surface area (Å²) < 4.78 is 0. The van der Waals surface area contributed by atoms with E-state index in [0.29, 0.717) is 6.42 Å². The van der Waals surface area contributed by atoms with Crippen molar-refractivity contribution in [3.05, 3.63) is 29.3 Å². The molecule has 0 radical (unpaired) electrons. The molecule has 0 aliphatic carbocycles. The molecule has 5 nitrogen and oxygen atoms in total. The molecule has 0 bridgehead atoms. The molecule has 1 fully saturated rings. The normalized spacial score (nSPS) is 18.1. The second-order valence-electron chi connectivity index (χ2n) is 7.57. The lowest BCUT2D eigenvalue weighted by Gasteiger charge is -2.30. The SMILES string of the molecule is CCCCC(=O)N1CCc2cc(CCN3CCC(C(=O)O)CC3)ccc21. The number of benzene rings is 1. The van der Waals surface area contributed by atoms with Crippen molar-refractivity contribution >= 4 is 17.6 Å². The number of aliphatic carboxylic acids is 1. The first-order chi connectivity index (χ1) is 12.6. The van der Waals surface area contributed by atoms with Gasteiger partial charge in [-0.2, -0.15) is 0 Å². The van der Waals surface area contributed by atoms with Crippen molar-refractivity contribution in [2.75, 3.05) is 31.1 Å². The first-order valence-electron chi connectivity index (χ1n) is 9.95. The summed E-state index contributed by atoms with van der Waals surface area (Å²) in [5, 5.41) is 9.08. The number of nitrogens with zero attached hydrogens (tertiary/aromatic N) is 2. The van der Waals surface area contributed by atoms with Gasteiger partial charge in [-0.3, -0.25) is 9.59 Å². The van der Waals surface area contributed by atoms with Crippen LogP contribution in [0.2, 0.25) is 0 Å². The molecule has 2 heterocycles. The van der Waals surface area contributed by atoms with Gasteiger partial charge in [0.1, 0.15) is 0 Å². The predicted molar refractivity (Wildman–Crippen MR) is 103 cm³/mol. The van der Waals surface area contributed by atoms with Crippen molar-refractivity contribution in [1.82, 2.24) is 4.90 Å². The third-order valence-corrected chi connectivity index (χ3v) is 5.74. The number of rotatable bonds is 7. The summed E-state index contributed by atoms with van der Waals surface area (Å²) >= 11 is 0. The third kappa shape index (κ3) is 4.44. The molecule has 0 unspecified atom stereocenters. The van der Waals surface area contributed by atoms with Crippen LogP contribution in [-0.4, -0.2) is 48.1 Å². The molecule has 2 aliphatic heterocycles. The van der Waals surface area contributed by atoms with Crippen molar-refractivity contribution in [2.24, 2.45) is 5.92 Å². The summed E-state index contributed by atoms with van der Waals surface area (Å²) in [6.45, 7) is 5.65. The van der Waals surface area contributed by atoms with Crippen LogP contribution in [0.15, 0.2) is 18.2 Å². The summed E-state index contributed by atoms with van der Waals surface area (Å²) in [6.07, 6.45) is 6.10. The number of carbonyl (C=O) groups excluding carboxylic acids is 1. The zero-order valence-corrected chi connectivity index (χ0v) is 15.7. The van der Waals surface area contributed by atoms with Gasteiger partial charge in [0.05, 0.1) is 5.92 Å². The van der Waals surface area contributed by atoms with Crippen molar-refractivity contribution in [3.8, 4) is 0 Å². The van der Waals surface area contributed by atoms with Crippen molar-refractivity contribution < 1.29 is 14.7 Å². The predicted octanol–water partition coefficient (Wildman–Crippen LogP) is 3.11. The molecular formula is C21H30N2O3. The Morgan fingerprint density at radius 3 is 2.65 bits per heavy atom. The lowest BCUT2D eigenvalue weighted by molar-refractivity contribution is -0.143. The van der Waals surface area contributed by atoms with Gasteiger partial charge in [-0.25, -0.2) is 0 Å². The van der Waals surface area contributed by atoms with Crippen LogP contribution >= 0.6 is 0 Å². The standard InChI is InChI=1S/C21H30N2O3/c1-2-3-4-20(24)23-14-10-18-15-16(5-6-19(18)23)7-11-22-12-8-17(9-13-22)21(25)26/h5-6,15,17H,2-4,7-14H2,1H3,(H,25,26). The van der Waals surface area contributed by atoms with Crippen LogP contribution in [0.5, 0.6) is 0 Å². The highest BCUT2D eigenvalue weighted by molar-refractivity contribution is 5.95. The maximum Gasteiger partial charge on any atom is 0.306 e. The molecular weight excluding hydrogens is 328 g/mol. The minimum absolute atomic E-state index is 0.164. The Morgan fingerprint density at radius 2 is 1.96 bits per heavy atom. The van der Waals surface area contributed by atoms with Gasteiger partial charge in [0.25, 0.3) is 0 Å². The number of carbonyl (C=O) groups is 2. The first kappa shape index (κ1) is 18.9. The molecule has 26 heavy (non-hydrogen) atoms. The summed E-state index contributed by atoms with van der Waals surface area (Å²) in [5.41, 5.74) is 3.70. The highest BCUT2D eigenvalue weighted by atomic mass is 16.4. The van der Waals surface area contributed by atoms with Gasteiger partial charge >= 0.3 is 5.97 Å². The van der Waals surface area contributed by atoms with Gasteiger partial charge in [-0.05, 0) is 62.4 Å². The van der Waals surface area contributed by atoms with Gasteiger partial charge in [0.15, 0.2) is 0 Å². The lowest BCUT2D eigenvalue weighted by atomic mass is 9.96. The van der Waals surface area contributed by atoms with Crippen LogP contribution in [-0.2, 0) is 22.4 Å². The van der Waals surface area contributed by atoms with E-state index >= 15 is 0 Å². The number of hydrogen-bond donors (Lipinski definition) is 1. The molecule has 5 heteroatoms. The molecule has 1 aromatic carbocycles. The van der Waals surface area contributed by atoms with Gasteiger partial charge < -0.3 is 14.9 Å². The Hall–Kier alpha value is -1.88. The number of likely N-dealkylation sites (tertiary alicyclic amines) is 1. The summed E-state index contributed by atoms with van der Waals surface area (Å²) in [6, 6.07) is 6.51. The van der Waals surface area contributed by atoms with E-state index in [2.05, 4.69) is 30.0 Å². The van der Waals surface area contributed by atoms with E-state index in [1.807, 2.05) is 4.90 Å². The quantitative estimate of drug-likeness (QED) is 0.814. The Balaban J connectivity index is 1.52. The van der Waals surface area contributed by atoms with E-state index < -0.39 is 5.97 Å². The van der Waals surface area contributed by atoms with E-state index in [9.17, 15) is 9.59 Å². The fourth-order valence-corrected chi connectivity index (χ4v) is 4.02. The zero-order valence-electron chi connectivity index (χ0n) is 15.7. The lowest BCUT2D eigenvalue weighted by Crippen LogP contribution is -2.37. The monoisotopic (exact) mass is 358 g/mol. The highest BCUT2D eigenvalue weighted by Crippen LogP contribution is 2.30. The van der Waals surface area contributed by atoms with Crippen LogP contribution in [0.4, 0.5) is 5.69 Å². The smallest absolute Gasteiger partial charge is 0.306 e. The molecule has 1 amide bonds. The number of unbranched alkanes of at least 4 members (excludes halogenated alkanes) is 1. The second-order valence-corrected chi connectivity index (χ2v) is 7.57. The van der Waals surface area contributed by atoms with Gasteiger partial charge in [0.2, 0.25) is 5.91 Å². The topological polar surface area (TPSA) is 60.9 Å². The maximum absolute atomic E-state index is 12.3. The Kier molecular flexibility index (Phi) is 6.30. The Labute approximate surface area is 156 Å². The van der Waals surface area contributed by atoms with E-state index in [1.165, 1.54) is 11.1 Å². The molecule has 0 aromatic heterocycles. The number of hydrogen-bond acceptors (Lipinski definition) is 3. The van der Waals surface area contributed by atoms with Gasteiger partial charge in [-0.1, -0.05) is 25.5 Å². The number of fused-ring (bicyclic) bond motifs is 1. The van der Waals surface area contributed by atoms with Crippen LogP contribution in [0.3, 0.4) is 0 Å². The number of carboxylic acids is 1. The van der Waals surface area contributed by atoms with E-state index in [0.717, 1.165) is 70.4 Å². The van der Waals surface area contributed by atoms with E-state index in [-0.39, 0.29) is 11.8 Å². The fraction of sp³-hybridized carbons (Fsp3) is 0.619. The second kappa shape index (κ2) is 8.67. The number of amides is 1. The molecule has 1 aromatic rings. The van der Waals surface area contributed by atoms with Crippen LogP contribution < -0.4 is 4.90 Å². The summed E-state index contributed by atoms with van der Waals surface area (Å²) in [7, 11) is 0. The molecule has 0 saturated carbocycles. The molecule has 3 rings (SSSR count). The molecule has 1 saturated heterocycles. The Morgan fingerprint density at radius 1 is 1.19 bits per heavy atom. The molecule has 0 spiro atoms. The largest absolute Gasteiger partial charge is 0.481 e. The maximum atomic E-state index is 12.3. The highest BCUT2D eigenvalue weighted by Gasteiger charge is 2.25. The number of carboxylic acid groups (broad SMARTS) is 1. The number of piperidine rings is 1. The van der Waals surface area contributed by atoms with Crippen molar-refractivity contribution in [2.45, 2.75) is 51.9 Å². The fourth-order valence-electron chi connectivity index (χ4n) is 4.02. The number of anilines is 1. The Bertz CT molecular complexity index is 651. The van der Waals surface area contributed by atoms with Crippen LogP contribution in [0.1, 0.15) is 50.2 Å². The average molecular weight is 358 g/mol. The van der Waals surface area contributed by atoms with Gasteiger partial charge in [-0.15, -0.1) is 0 Å². The molecule has 0 atom stereocenters.